The molecule has 1 aromatic heterocycles. The van der Waals surface area contributed by atoms with E-state index in [1.807, 2.05) is 24.3 Å². The minimum Gasteiger partial charge on any atom is -0.495 e. The van der Waals surface area contributed by atoms with E-state index in [9.17, 15) is 14.9 Å². The van der Waals surface area contributed by atoms with Crippen LogP contribution in [0, 0.1) is 10.1 Å². The van der Waals surface area contributed by atoms with Crippen molar-refractivity contribution in [3.8, 4) is 17.2 Å². The van der Waals surface area contributed by atoms with Crippen LogP contribution in [0.2, 0.25) is 0 Å². The first kappa shape index (κ1) is 20.1. The molecule has 0 saturated carbocycles. The van der Waals surface area contributed by atoms with Gasteiger partial charge in [0.2, 0.25) is 5.91 Å². The Kier molecular flexibility index (Phi) is 6.29. The number of nitrogens with zero attached hydrogens (tertiary/aromatic N) is 4. The summed E-state index contributed by atoms with van der Waals surface area (Å²) in [5.74, 6) is 0.578. The Morgan fingerprint density at radius 1 is 1.21 bits per heavy atom. The summed E-state index contributed by atoms with van der Waals surface area (Å²) in [7, 11) is 2.94. The maximum atomic E-state index is 12.4. The van der Waals surface area contributed by atoms with E-state index in [0.717, 1.165) is 5.69 Å². The van der Waals surface area contributed by atoms with Crippen LogP contribution in [0.3, 0.4) is 0 Å². The fourth-order valence-corrected chi connectivity index (χ4v) is 3.25. The monoisotopic (exact) mass is 415 g/mol. The number of thioether (sulfide) groups is 1. The number of benzene rings is 2. The molecule has 0 saturated heterocycles. The summed E-state index contributed by atoms with van der Waals surface area (Å²) in [6.45, 7) is 0. The molecule has 29 heavy (non-hydrogen) atoms. The molecule has 3 rings (SSSR count). The molecule has 0 aliphatic heterocycles. The Hall–Kier alpha value is -3.60. The van der Waals surface area contributed by atoms with Gasteiger partial charge in [-0.05, 0) is 18.2 Å². The molecule has 11 heteroatoms. The Bertz CT molecular complexity index is 1040. The van der Waals surface area contributed by atoms with Crippen LogP contribution < -0.4 is 14.8 Å². The highest BCUT2D eigenvalue weighted by molar-refractivity contribution is 7.99. The van der Waals surface area contributed by atoms with E-state index in [0.29, 0.717) is 16.6 Å². The summed E-state index contributed by atoms with van der Waals surface area (Å²) < 4.78 is 12.2. The third-order valence-corrected chi connectivity index (χ3v) is 4.81. The van der Waals surface area contributed by atoms with Gasteiger partial charge in [-0.3, -0.25) is 19.5 Å². The molecular weight excluding hydrogens is 398 g/mol. The number of carbonyl (C=O) groups is 1. The number of hydrogen-bond donors (Lipinski definition) is 1. The van der Waals surface area contributed by atoms with Crippen LogP contribution >= 0.6 is 11.8 Å². The number of nitro benzene ring substituents is 1. The SMILES string of the molecule is COc1cc([N+](=O)[O-])ccc1NC(=O)CSc1nncn1-c1ccccc1OC. The number of amides is 1. The third-order valence-electron chi connectivity index (χ3n) is 3.86. The van der Waals surface area contributed by atoms with Gasteiger partial charge in [-0.2, -0.15) is 0 Å². The van der Waals surface area contributed by atoms with E-state index < -0.39 is 4.92 Å². The molecule has 0 aliphatic carbocycles. The molecule has 0 spiro atoms. The fraction of sp³-hybridized carbons (Fsp3) is 0.167. The van der Waals surface area contributed by atoms with Gasteiger partial charge in [0.05, 0.1) is 42.3 Å². The highest BCUT2D eigenvalue weighted by Crippen LogP contribution is 2.30. The van der Waals surface area contributed by atoms with Crippen LogP contribution in [0.25, 0.3) is 5.69 Å². The van der Waals surface area contributed by atoms with Gasteiger partial charge < -0.3 is 14.8 Å². The normalized spacial score (nSPS) is 10.4. The van der Waals surface area contributed by atoms with Crippen LogP contribution in [0.5, 0.6) is 11.5 Å². The van der Waals surface area contributed by atoms with Crippen molar-refractivity contribution in [2.45, 2.75) is 5.16 Å². The van der Waals surface area contributed by atoms with Gasteiger partial charge in [0, 0.05) is 6.07 Å². The third kappa shape index (κ3) is 4.63. The van der Waals surface area contributed by atoms with Gasteiger partial charge in [0.1, 0.15) is 17.8 Å². The zero-order valence-corrected chi connectivity index (χ0v) is 16.4. The van der Waals surface area contributed by atoms with E-state index in [4.69, 9.17) is 9.47 Å². The lowest BCUT2D eigenvalue weighted by atomic mass is 10.2. The number of ether oxygens (including phenoxy) is 2. The van der Waals surface area contributed by atoms with Gasteiger partial charge in [-0.1, -0.05) is 23.9 Å². The number of rotatable bonds is 8. The highest BCUT2D eigenvalue weighted by atomic mass is 32.2. The number of nitro groups is 1. The van der Waals surface area contributed by atoms with E-state index in [1.165, 1.54) is 43.4 Å². The predicted octanol–water partition coefficient (Wildman–Crippen LogP) is 2.92. The van der Waals surface area contributed by atoms with Crippen molar-refractivity contribution in [1.29, 1.82) is 0 Å². The number of methoxy groups -OCH3 is 2. The molecule has 1 N–H and O–H groups in total. The van der Waals surface area contributed by atoms with Crippen molar-refractivity contribution in [3.63, 3.8) is 0 Å². The van der Waals surface area contributed by atoms with E-state index in [2.05, 4.69) is 15.5 Å². The largest absolute Gasteiger partial charge is 0.495 e. The molecule has 0 radical (unpaired) electrons. The molecule has 0 aliphatic rings. The Morgan fingerprint density at radius 2 is 1.97 bits per heavy atom. The van der Waals surface area contributed by atoms with Crippen molar-refractivity contribution in [2.75, 3.05) is 25.3 Å². The average Bonchev–Trinajstić information content (AvgIpc) is 3.20. The van der Waals surface area contributed by atoms with E-state index in [1.54, 1.807) is 11.7 Å². The van der Waals surface area contributed by atoms with Crippen molar-refractivity contribution in [2.24, 2.45) is 0 Å². The van der Waals surface area contributed by atoms with Crippen molar-refractivity contribution in [1.82, 2.24) is 14.8 Å². The molecule has 0 atom stereocenters. The Labute approximate surface area is 170 Å². The zero-order valence-electron chi connectivity index (χ0n) is 15.6. The number of hydrogen-bond acceptors (Lipinski definition) is 8. The molecule has 150 valence electrons. The van der Waals surface area contributed by atoms with E-state index in [-0.39, 0.29) is 23.1 Å². The maximum Gasteiger partial charge on any atom is 0.273 e. The zero-order chi connectivity index (χ0) is 20.8. The first-order valence-corrected chi connectivity index (χ1v) is 9.30. The topological polar surface area (TPSA) is 121 Å². The lowest BCUT2D eigenvalue weighted by molar-refractivity contribution is -0.384. The Morgan fingerprint density at radius 3 is 2.69 bits per heavy atom. The number of carbonyl (C=O) groups excluding carboxylic acids is 1. The summed E-state index contributed by atoms with van der Waals surface area (Å²) in [6, 6.07) is 11.4. The van der Waals surface area contributed by atoms with Gasteiger partial charge in [-0.25, -0.2) is 0 Å². The van der Waals surface area contributed by atoms with Crippen LogP contribution in [0.1, 0.15) is 0 Å². The summed E-state index contributed by atoms with van der Waals surface area (Å²) in [6.07, 6.45) is 1.54. The molecular formula is C18H17N5O5S. The molecule has 0 fully saturated rings. The number of para-hydroxylation sites is 2. The number of anilines is 1. The van der Waals surface area contributed by atoms with Crippen molar-refractivity contribution < 1.29 is 19.2 Å². The molecule has 0 unspecified atom stereocenters. The predicted molar refractivity (Wildman–Crippen MR) is 107 cm³/mol. The van der Waals surface area contributed by atoms with Crippen LogP contribution in [0.4, 0.5) is 11.4 Å². The second kappa shape index (κ2) is 9.06. The van der Waals surface area contributed by atoms with E-state index >= 15 is 0 Å². The molecule has 0 bridgehead atoms. The molecule has 3 aromatic rings. The number of non-ortho nitro benzene ring substituents is 1. The Balaban J connectivity index is 1.70. The average molecular weight is 415 g/mol. The number of aromatic nitrogens is 3. The summed E-state index contributed by atoms with van der Waals surface area (Å²) in [5, 5.41) is 22.0. The summed E-state index contributed by atoms with van der Waals surface area (Å²) in [5.41, 5.74) is 0.967. The standard InChI is InChI=1S/C18H17N5O5S/c1-27-15-6-4-3-5-14(15)22-11-19-21-18(22)29-10-17(24)20-13-8-7-12(23(25)26)9-16(13)28-2/h3-9,11H,10H2,1-2H3,(H,20,24). The smallest absolute Gasteiger partial charge is 0.273 e. The van der Waals surface area contributed by atoms with Crippen molar-refractivity contribution >= 4 is 29.0 Å². The quantitative estimate of drug-likeness (QED) is 0.339. The second-order valence-corrected chi connectivity index (χ2v) is 6.58. The lowest BCUT2D eigenvalue weighted by Gasteiger charge is -2.11. The van der Waals surface area contributed by atoms with Crippen LogP contribution in [0.15, 0.2) is 53.9 Å². The van der Waals surface area contributed by atoms with Gasteiger partial charge >= 0.3 is 0 Å². The minimum absolute atomic E-state index is 0.0496. The number of nitrogens with one attached hydrogen (secondary N) is 1. The molecule has 10 nitrogen and oxygen atoms in total. The molecule has 1 amide bonds. The summed E-state index contributed by atoms with van der Waals surface area (Å²) >= 11 is 1.19. The van der Waals surface area contributed by atoms with Gasteiger partial charge in [0.25, 0.3) is 5.69 Å². The fourth-order valence-electron chi connectivity index (χ4n) is 2.53. The maximum absolute atomic E-state index is 12.4. The minimum atomic E-state index is -0.533. The van der Waals surface area contributed by atoms with Crippen LogP contribution in [-0.2, 0) is 4.79 Å². The first-order chi connectivity index (χ1) is 14.0. The lowest BCUT2D eigenvalue weighted by Crippen LogP contribution is -2.15. The highest BCUT2D eigenvalue weighted by Gasteiger charge is 2.16. The molecule has 2 aromatic carbocycles. The first-order valence-electron chi connectivity index (χ1n) is 8.32. The van der Waals surface area contributed by atoms with Crippen molar-refractivity contribution in [3.05, 3.63) is 58.9 Å². The molecule has 1 heterocycles. The van der Waals surface area contributed by atoms with Gasteiger partial charge in [0.15, 0.2) is 5.16 Å². The van der Waals surface area contributed by atoms with Gasteiger partial charge in [-0.15, -0.1) is 10.2 Å². The second-order valence-electron chi connectivity index (χ2n) is 5.63. The summed E-state index contributed by atoms with van der Waals surface area (Å²) in [4.78, 5) is 22.7. The van der Waals surface area contributed by atoms with Crippen LogP contribution in [-0.4, -0.2) is 45.6 Å².